The van der Waals surface area contributed by atoms with Crippen LogP contribution in [0, 0.1) is 0 Å². The molecular weight excluding hydrogens is 302 g/mol. The minimum absolute atomic E-state index is 0.461. The van der Waals surface area contributed by atoms with E-state index in [4.69, 9.17) is 5.73 Å². The van der Waals surface area contributed by atoms with Gasteiger partial charge in [0.2, 0.25) is 0 Å². The van der Waals surface area contributed by atoms with Crippen molar-refractivity contribution in [2.24, 2.45) is 0 Å². The van der Waals surface area contributed by atoms with Gasteiger partial charge in [-0.25, -0.2) is 15.0 Å². The Morgan fingerprint density at radius 1 is 1.12 bits per heavy atom. The molecular formula is C17H21N7. The van der Waals surface area contributed by atoms with Crippen molar-refractivity contribution in [2.75, 3.05) is 11.1 Å². The molecule has 4 rings (SSSR count). The van der Waals surface area contributed by atoms with E-state index in [2.05, 4.69) is 36.1 Å². The van der Waals surface area contributed by atoms with Gasteiger partial charge in [-0.05, 0) is 31.0 Å². The molecule has 0 atom stereocenters. The Labute approximate surface area is 140 Å². The Balaban J connectivity index is 1.55. The van der Waals surface area contributed by atoms with Crippen LogP contribution >= 0.6 is 0 Å². The van der Waals surface area contributed by atoms with E-state index in [1.165, 1.54) is 44.1 Å². The van der Waals surface area contributed by atoms with Crippen LogP contribution < -0.4 is 11.1 Å². The van der Waals surface area contributed by atoms with Crippen molar-refractivity contribution < 1.29 is 0 Å². The van der Waals surface area contributed by atoms with E-state index in [1.807, 2.05) is 12.3 Å². The second kappa shape index (κ2) is 6.43. The zero-order chi connectivity index (χ0) is 16.4. The fraction of sp³-hybridized carbons (Fsp3) is 0.412. The molecule has 1 aliphatic carbocycles. The first-order valence-corrected chi connectivity index (χ1v) is 8.45. The van der Waals surface area contributed by atoms with E-state index in [0.717, 1.165) is 11.2 Å². The smallest absolute Gasteiger partial charge is 0.166 e. The molecule has 0 unspecified atom stereocenters. The van der Waals surface area contributed by atoms with E-state index in [-0.39, 0.29) is 0 Å². The van der Waals surface area contributed by atoms with Crippen LogP contribution in [0.15, 0.2) is 30.7 Å². The summed E-state index contributed by atoms with van der Waals surface area (Å²) in [6.07, 6.45) is 9.75. The molecule has 3 heterocycles. The van der Waals surface area contributed by atoms with Gasteiger partial charge in [-0.3, -0.25) is 4.68 Å². The maximum atomic E-state index is 5.72. The molecule has 0 radical (unpaired) electrons. The topological polar surface area (TPSA) is 94.5 Å². The SMILES string of the molecule is Nc1ccc2c(NCc3ccnn3C3CCCCC3)ncnc2n1. The number of nitrogens with one attached hydrogen (secondary N) is 1. The third-order valence-corrected chi connectivity index (χ3v) is 4.63. The summed E-state index contributed by atoms with van der Waals surface area (Å²) in [5, 5.41) is 8.81. The van der Waals surface area contributed by atoms with Crippen LogP contribution in [0.1, 0.15) is 43.8 Å². The Morgan fingerprint density at radius 2 is 2.00 bits per heavy atom. The number of rotatable bonds is 4. The predicted octanol–water partition coefficient (Wildman–Crippen LogP) is 2.92. The second-order valence-corrected chi connectivity index (χ2v) is 6.24. The van der Waals surface area contributed by atoms with Gasteiger partial charge in [-0.2, -0.15) is 5.10 Å². The molecule has 0 amide bonds. The van der Waals surface area contributed by atoms with E-state index < -0.39 is 0 Å². The van der Waals surface area contributed by atoms with Gasteiger partial charge < -0.3 is 11.1 Å². The summed E-state index contributed by atoms with van der Waals surface area (Å²) < 4.78 is 2.17. The molecule has 1 fully saturated rings. The van der Waals surface area contributed by atoms with E-state index >= 15 is 0 Å². The van der Waals surface area contributed by atoms with Crippen molar-refractivity contribution in [3.8, 4) is 0 Å². The molecule has 0 spiro atoms. The second-order valence-electron chi connectivity index (χ2n) is 6.24. The highest BCUT2D eigenvalue weighted by atomic mass is 15.3. The number of aromatic nitrogens is 5. The molecule has 1 aliphatic rings. The lowest BCUT2D eigenvalue weighted by Crippen LogP contribution is -2.18. The van der Waals surface area contributed by atoms with Crippen molar-refractivity contribution >= 4 is 22.7 Å². The minimum Gasteiger partial charge on any atom is -0.384 e. The highest BCUT2D eigenvalue weighted by Gasteiger charge is 2.18. The largest absolute Gasteiger partial charge is 0.384 e. The van der Waals surface area contributed by atoms with Gasteiger partial charge in [0.25, 0.3) is 0 Å². The van der Waals surface area contributed by atoms with Gasteiger partial charge in [0.05, 0.1) is 23.7 Å². The molecule has 3 N–H and O–H groups in total. The lowest BCUT2D eigenvalue weighted by molar-refractivity contribution is 0.323. The van der Waals surface area contributed by atoms with Crippen LogP contribution in [0.3, 0.4) is 0 Å². The fourth-order valence-electron chi connectivity index (χ4n) is 3.41. The van der Waals surface area contributed by atoms with Gasteiger partial charge in [0.15, 0.2) is 5.65 Å². The molecule has 3 aromatic rings. The van der Waals surface area contributed by atoms with Crippen LogP contribution in [-0.2, 0) is 6.54 Å². The Bertz CT molecular complexity index is 836. The molecule has 0 aromatic carbocycles. The van der Waals surface area contributed by atoms with Crippen molar-refractivity contribution in [1.82, 2.24) is 24.7 Å². The summed E-state index contributed by atoms with van der Waals surface area (Å²) in [6, 6.07) is 6.26. The lowest BCUT2D eigenvalue weighted by atomic mass is 9.95. The van der Waals surface area contributed by atoms with Crippen molar-refractivity contribution in [3.05, 3.63) is 36.4 Å². The molecule has 7 heteroatoms. The van der Waals surface area contributed by atoms with Gasteiger partial charge in [-0.15, -0.1) is 0 Å². The first kappa shape index (κ1) is 14.9. The number of nitrogen functional groups attached to an aromatic ring is 1. The number of nitrogens with two attached hydrogens (primary N) is 1. The maximum Gasteiger partial charge on any atom is 0.166 e. The zero-order valence-corrected chi connectivity index (χ0v) is 13.5. The Morgan fingerprint density at radius 3 is 2.88 bits per heavy atom. The molecule has 1 saturated carbocycles. The summed E-state index contributed by atoms with van der Waals surface area (Å²) in [6.45, 7) is 0.674. The molecule has 7 nitrogen and oxygen atoms in total. The fourth-order valence-corrected chi connectivity index (χ4v) is 3.41. The van der Waals surface area contributed by atoms with Crippen LogP contribution in [0.2, 0.25) is 0 Å². The van der Waals surface area contributed by atoms with Gasteiger partial charge in [0.1, 0.15) is 18.0 Å². The lowest BCUT2D eigenvalue weighted by Gasteiger charge is -2.24. The highest BCUT2D eigenvalue weighted by Crippen LogP contribution is 2.28. The summed E-state index contributed by atoms with van der Waals surface area (Å²) in [4.78, 5) is 12.8. The van der Waals surface area contributed by atoms with E-state index in [9.17, 15) is 0 Å². The minimum atomic E-state index is 0.461. The van der Waals surface area contributed by atoms with Crippen molar-refractivity contribution in [2.45, 2.75) is 44.7 Å². The quantitative estimate of drug-likeness (QED) is 0.766. The first-order valence-electron chi connectivity index (χ1n) is 8.45. The average molecular weight is 323 g/mol. The first-order chi connectivity index (χ1) is 11.8. The summed E-state index contributed by atoms with van der Waals surface area (Å²) in [7, 11) is 0. The van der Waals surface area contributed by atoms with E-state index in [0.29, 0.717) is 24.1 Å². The average Bonchev–Trinajstić information content (AvgIpc) is 3.09. The molecule has 3 aromatic heterocycles. The van der Waals surface area contributed by atoms with Crippen molar-refractivity contribution in [1.29, 1.82) is 0 Å². The normalized spacial score (nSPS) is 15.7. The summed E-state index contributed by atoms with van der Waals surface area (Å²) >= 11 is 0. The van der Waals surface area contributed by atoms with Crippen LogP contribution in [0.25, 0.3) is 11.0 Å². The van der Waals surface area contributed by atoms with Crippen LogP contribution in [0.5, 0.6) is 0 Å². The predicted molar refractivity (Wildman–Crippen MR) is 93.4 cm³/mol. The summed E-state index contributed by atoms with van der Waals surface area (Å²) in [5.74, 6) is 1.23. The van der Waals surface area contributed by atoms with Crippen LogP contribution in [-0.4, -0.2) is 24.7 Å². The molecule has 124 valence electrons. The van der Waals surface area contributed by atoms with Gasteiger partial charge in [-0.1, -0.05) is 19.3 Å². The number of fused-ring (bicyclic) bond motifs is 1. The molecule has 0 bridgehead atoms. The number of hydrogen-bond acceptors (Lipinski definition) is 6. The monoisotopic (exact) mass is 323 g/mol. The number of pyridine rings is 1. The van der Waals surface area contributed by atoms with Gasteiger partial charge >= 0.3 is 0 Å². The molecule has 0 aliphatic heterocycles. The number of hydrogen-bond donors (Lipinski definition) is 2. The number of nitrogens with zero attached hydrogens (tertiary/aromatic N) is 5. The number of anilines is 2. The standard InChI is InChI=1S/C17H21N7/c18-15-7-6-14-16(20-11-21-17(14)23-15)19-10-13-8-9-22-24(13)12-4-2-1-3-5-12/h6-9,11-12H,1-5,10H2,(H3,18,19,20,21,23). The third-order valence-electron chi connectivity index (χ3n) is 4.63. The van der Waals surface area contributed by atoms with Crippen molar-refractivity contribution in [3.63, 3.8) is 0 Å². The zero-order valence-electron chi connectivity index (χ0n) is 13.5. The third kappa shape index (κ3) is 2.89. The molecule has 24 heavy (non-hydrogen) atoms. The highest BCUT2D eigenvalue weighted by molar-refractivity contribution is 5.86. The Hall–Kier alpha value is -2.70. The molecule has 0 saturated heterocycles. The Kier molecular flexibility index (Phi) is 3.98. The van der Waals surface area contributed by atoms with Crippen LogP contribution in [0.4, 0.5) is 11.6 Å². The van der Waals surface area contributed by atoms with Gasteiger partial charge in [0, 0.05) is 6.20 Å². The van der Waals surface area contributed by atoms with E-state index in [1.54, 1.807) is 6.07 Å². The summed E-state index contributed by atoms with van der Waals surface area (Å²) in [5.41, 5.74) is 7.51. The maximum absolute atomic E-state index is 5.72.